The van der Waals surface area contributed by atoms with Gasteiger partial charge in [-0.05, 0) is 49.4 Å². The molecule has 4 heteroatoms. The normalized spacial score (nSPS) is 13.0. The summed E-state index contributed by atoms with van der Waals surface area (Å²) in [5.74, 6) is 1.69. The number of hydrogen-bond donors (Lipinski definition) is 2. The van der Waals surface area contributed by atoms with E-state index >= 15 is 0 Å². The van der Waals surface area contributed by atoms with E-state index in [4.69, 9.17) is 10.2 Å². The highest BCUT2D eigenvalue weighted by atomic mass is 32.2. The number of aliphatic hydroxyl groups excluding tert-OH is 2. The highest BCUT2D eigenvalue weighted by Gasteiger charge is 2.17. The van der Waals surface area contributed by atoms with E-state index in [0.29, 0.717) is 0 Å². The van der Waals surface area contributed by atoms with Crippen molar-refractivity contribution in [2.24, 2.45) is 10.8 Å². The minimum atomic E-state index is -0.656. The Labute approximate surface area is 153 Å². The first-order chi connectivity index (χ1) is 11.2. The van der Waals surface area contributed by atoms with Gasteiger partial charge in [0.15, 0.2) is 0 Å². The molecule has 0 aromatic heterocycles. The van der Waals surface area contributed by atoms with Crippen LogP contribution >= 0.6 is 0 Å². The Morgan fingerprint density at radius 1 is 0.625 bits per heavy atom. The fraction of sp³-hybridized carbons (Fsp3) is 1.00. The van der Waals surface area contributed by atoms with Gasteiger partial charge in [0, 0.05) is 35.5 Å². The molecule has 3 nitrogen and oxygen atoms in total. The van der Waals surface area contributed by atoms with Crippen LogP contribution in [0.2, 0.25) is 0 Å². The Morgan fingerprint density at radius 2 is 1.00 bits per heavy atom. The number of rotatable bonds is 16. The predicted molar refractivity (Wildman–Crippen MR) is 106 cm³/mol. The van der Waals surface area contributed by atoms with E-state index in [2.05, 4.69) is 27.7 Å². The van der Waals surface area contributed by atoms with E-state index in [0.717, 1.165) is 62.9 Å². The van der Waals surface area contributed by atoms with Crippen LogP contribution in [0, 0.1) is 10.8 Å². The molecule has 0 aromatic carbocycles. The molecule has 0 aliphatic carbocycles. The molecule has 0 spiro atoms. The monoisotopic (exact) mass is 362 g/mol. The van der Waals surface area contributed by atoms with Gasteiger partial charge in [0.1, 0.15) is 0 Å². The van der Waals surface area contributed by atoms with E-state index in [1.165, 1.54) is 12.8 Å². The van der Waals surface area contributed by atoms with E-state index in [1.807, 2.05) is 0 Å². The molecule has 0 radical (unpaired) electrons. The average molecular weight is 363 g/mol. The van der Waals surface area contributed by atoms with E-state index in [1.54, 1.807) is 0 Å². The molecule has 0 saturated carbocycles. The van der Waals surface area contributed by atoms with Gasteiger partial charge in [0.05, 0.1) is 0 Å². The molecule has 0 amide bonds. The van der Waals surface area contributed by atoms with Crippen molar-refractivity contribution in [2.45, 2.75) is 91.9 Å². The Hall–Kier alpha value is 0.0700. The number of hydrogen-bond acceptors (Lipinski definition) is 3. The van der Waals surface area contributed by atoms with Gasteiger partial charge < -0.3 is 10.2 Å². The average Bonchev–Trinajstić information content (AvgIpc) is 2.46. The van der Waals surface area contributed by atoms with Gasteiger partial charge in [-0.1, -0.05) is 53.4 Å². The third kappa shape index (κ3) is 14.4. The van der Waals surface area contributed by atoms with Crippen LogP contribution < -0.4 is 0 Å². The lowest BCUT2D eigenvalue weighted by molar-refractivity contribution is 0.198. The predicted octanol–water partition coefficient (Wildman–Crippen LogP) is 4.67. The summed E-state index contributed by atoms with van der Waals surface area (Å²) in [4.78, 5) is 0. The first-order valence-electron chi connectivity index (χ1n) is 9.79. The summed E-state index contributed by atoms with van der Waals surface area (Å²) in [5, 5.41) is 18.0. The molecule has 24 heavy (non-hydrogen) atoms. The molecular formula is C20H42O3S. The second-order valence-electron chi connectivity index (χ2n) is 8.75. The number of aliphatic hydroxyl groups is 2. The van der Waals surface area contributed by atoms with Crippen molar-refractivity contribution < 1.29 is 14.4 Å². The molecule has 0 atom stereocenters. The lowest BCUT2D eigenvalue weighted by Crippen LogP contribution is -2.13. The molecule has 0 aromatic rings. The molecule has 0 fully saturated rings. The van der Waals surface area contributed by atoms with Gasteiger partial charge in [0.25, 0.3) is 0 Å². The summed E-state index contributed by atoms with van der Waals surface area (Å²) in [6.07, 6.45) is 10.8. The van der Waals surface area contributed by atoms with Gasteiger partial charge in [-0.25, -0.2) is 0 Å². The lowest BCUT2D eigenvalue weighted by Gasteiger charge is -2.23. The Bertz CT molecular complexity index is 297. The summed E-state index contributed by atoms with van der Waals surface area (Å²) < 4.78 is 12.0. The van der Waals surface area contributed by atoms with Crippen molar-refractivity contribution in [3.8, 4) is 0 Å². The first kappa shape index (κ1) is 24.1. The lowest BCUT2D eigenvalue weighted by atomic mass is 9.84. The van der Waals surface area contributed by atoms with Crippen LogP contribution in [0.15, 0.2) is 0 Å². The molecule has 0 aliphatic heterocycles. The second kappa shape index (κ2) is 13.3. The van der Waals surface area contributed by atoms with E-state index in [-0.39, 0.29) is 24.0 Å². The molecule has 0 rings (SSSR count). The van der Waals surface area contributed by atoms with Crippen molar-refractivity contribution >= 4 is 10.8 Å². The molecular weight excluding hydrogens is 320 g/mol. The van der Waals surface area contributed by atoms with Gasteiger partial charge in [0.2, 0.25) is 0 Å². The van der Waals surface area contributed by atoms with E-state index < -0.39 is 10.8 Å². The molecule has 0 aliphatic rings. The zero-order chi connectivity index (χ0) is 18.5. The van der Waals surface area contributed by atoms with Crippen molar-refractivity contribution in [1.82, 2.24) is 0 Å². The van der Waals surface area contributed by atoms with Gasteiger partial charge >= 0.3 is 0 Å². The maximum atomic E-state index is 12.0. The zero-order valence-electron chi connectivity index (χ0n) is 16.6. The zero-order valence-corrected chi connectivity index (χ0v) is 17.4. The Balaban J connectivity index is 3.54. The molecule has 0 unspecified atom stereocenters. The summed E-state index contributed by atoms with van der Waals surface area (Å²) in [6, 6.07) is 0. The standard InChI is InChI=1S/C20H42O3S/c1-19(2,13-15-21)11-7-5-9-17-24(23)18-10-6-8-12-20(3,4)14-16-22/h21-22H,5-18H2,1-4H3. The molecule has 0 heterocycles. The highest BCUT2D eigenvalue weighted by molar-refractivity contribution is 7.84. The minimum absolute atomic E-state index is 0.234. The largest absolute Gasteiger partial charge is 0.396 e. The maximum Gasteiger partial charge on any atom is 0.0436 e. The van der Waals surface area contributed by atoms with Crippen LogP contribution in [0.1, 0.15) is 91.9 Å². The van der Waals surface area contributed by atoms with Crippen LogP contribution in [0.3, 0.4) is 0 Å². The van der Waals surface area contributed by atoms with Gasteiger partial charge in [-0.2, -0.15) is 0 Å². The quantitative estimate of drug-likeness (QED) is 0.392. The van der Waals surface area contributed by atoms with Crippen LogP contribution in [-0.2, 0) is 10.8 Å². The molecule has 0 bridgehead atoms. The smallest absolute Gasteiger partial charge is 0.0436 e. The van der Waals surface area contributed by atoms with Gasteiger partial charge in [-0.15, -0.1) is 0 Å². The fourth-order valence-corrected chi connectivity index (χ4v) is 4.30. The second-order valence-corrected chi connectivity index (χ2v) is 10.4. The Kier molecular flexibility index (Phi) is 13.3. The van der Waals surface area contributed by atoms with Crippen LogP contribution in [0.4, 0.5) is 0 Å². The van der Waals surface area contributed by atoms with Crippen LogP contribution in [0.5, 0.6) is 0 Å². The molecule has 2 N–H and O–H groups in total. The minimum Gasteiger partial charge on any atom is -0.396 e. The SMILES string of the molecule is CC(C)(CCO)CCCCCS(=O)CCCCCC(C)(C)CCO. The highest BCUT2D eigenvalue weighted by Crippen LogP contribution is 2.28. The van der Waals surface area contributed by atoms with Crippen LogP contribution in [0.25, 0.3) is 0 Å². The van der Waals surface area contributed by atoms with E-state index in [9.17, 15) is 4.21 Å². The van der Waals surface area contributed by atoms with Gasteiger partial charge in [-0.3, -0.25) is 4.21 Å². The van der Waals surface area contributed by atoms with Crippen molar-refractivity contribution in [3.63, 3.8) is 0 Å². The molecule has 146 valence electrons. The Morgan fingerprint density at radius 3 is 1.33 bits per heavy atom. The fourth-order valence-electron chi connectivity index (χ4n) is 3.04. The maximum absolute atomic E-state index is 12.0. The van der Waals surface area contributed by atoms with Crippen LogP contribution in [-0.4, -0.2) is 39.1 Å². The summed E-state index contributed by atoms with van der Waals surface area (Å²) >= 11 is 0. The summed E-state index contributed by atoms with van der Waals surface area (Å²) in [7, 11) is -0.656. The summed E-state index contributed by atoms with van der Waals surface area (Å²) in [6.45, 7) is 9.39. The number of unbranched alkanes of at least 4 members (excludes halogenated alkanes) is 4. The van der Waals surface area contributed by atoms with Crippen molar-refractivity contribution in [3.05, 3.63) is 0 Å². The third-order valence-corrected chi connectivity index (χ3v) is 6.52. The van der Waals surface area contributed by atoms with Crippen molar-refractivity contribution in [1.29, 1.82) is 0 Å². The molecule has 0 saturated heterocycles. The topological polar surface area (TPSA) is 57.5 Å². The third-order valence-electron chi connectivity index (χ3n) is 5.03. The first-order valence-corrected chi connectivity index (χ1v) is 11.3. The van der Waals surface area contributed by atoms with Crippen molar-refractivity contribution in [2.75, 3.05) is 24.7 Å². The summed E-state index contributed by atoms with van der Waals surface area (Å²) in [5.41, 5.74) is 0.468.